The van der Waals surface area contributed by atoms with Crippen LogP contribution in [0.3, 0.4) is 0 Å². The normalized spacial score (nSPS) is 11.3. The number of pyridine rings is 1. The van der Waals surface area contributed by atoms with Crippen LogP contribution in [-0.4, -0.2) is 13.4 Å². The Labute approximate surface area is 155 Å². The number of hydrogen-bond donors (Lipinski definition) is 1. The monoisotopic (exact) mass is 366 g/mol. The third kappa shape index (κ3) is 4.49. The molecule has 26 heavy (non-hydrogen) atoms. The molecular formula is C21H22N2O2S. The van der Waals surface area contributed by atoms with Gasteiger partial charge in [-0.15, -0.1) is 0 Å². The first-order chi connectivity index (χ1) is 12.4. The number of anilines is 1. The van der Waals surface area contributed by atoms with E-state index in [-0.39, 0.29) is 0 Å². The lowest BCUT2D eigenvalue weighted by atomic mass is 10.1. The van der Waals surface area contributed by atoms with Gasteiger partial charge in [0.05, 0.1) is 4.90 Å². The summed E-state index contributed by atoms with van der Waals surface area (Å²) in [6.07, 6.45) is 3.40. The number of hydrogen-bond acceptors (Lipinski definition) is 3. The van der Waals surface area contributed by atoms with Crippen molar-refractivity contribution in [3.63, 3.8) is 0 Å². The molecule has 2 aromatic carbocycles. The lowest BCUT2D eigenvalue weighted by molar-refractivity contribution is 0.600. The molecule has 0 amide bonds. The van der Waals surface area contributed by atoms with E-state index in [0.717, 1.165) is 35.2 Å². The van der Waals surface area contributed by atoms with Crippen LogP contribution in [0.4, 0.5) is 5.69 Å². The van der Waals surface area contributed by atoms with Gasteiger partial charge in [0, 0.05) is 17.6 Å². The quantitative estimate of drug-likeness (QED) is 0.708. The summed E-state index contributed by atoms with van der Waals surface area (Å²) in [7, 11) is -3.61. The zero-order valence-corrected chi connectivity index (χ0v) is 15.8. The van der Waals surface area contributed by atoms with Crippen molar-refractivity contribution < 1.29 is 8.42 Å². The molecule has 4 nitrogen and oxygen atoms in total. The van der Waals surface area contributed by atoms with E-state index in [9.17, 15) is 8.42 Å². The van der Waals surface area contributed by atoms with Crippen LogP contribution in [0, 0.1) is 13.8 Å². The van der Waals surface area contributed by atoms with Crippen LogP contribution < -0.4 is 4.72 Å². The van der Waals surface area contributed by atoms with Crippen LogP contribution >= 0.6 is 0 Å². The summed E-state index contributed by atoms with van der Waals surface area (Å²) in [5.74, 6) is 0. The van der Waals surface area contributed by atoms with Crippen molar-refractivity contribution in [1.82, 2.24) is 4.98 Å². The van der Waals surface area contributed by atoms with Crippen molar-refractivity contribution in [2.75, 3.05) is 4.72 Å². The van der Waals surface area contributed by atoms with Crippen molar-refractivity contribution in [3.8, 4) is 0 Å². The Hall–Kier alpha value is -2.66. The summed E-state index contributed by atoms with van der Waals surface area (Å²) in [5, 5.41) is 0. The van der Waals surface area contributed by atoms with Crippen LogP contribution in [0.15, 0.2) is 71.8 Å². The minimum atomic E-state index is -3.61. The minimum absolute atomic E-state index is 0.316. The van der Waals surface area contributed by atoms with Gasteiger partial charge in [0.2, 0.25) is 0 Å². The van der Waals surface area contributed by atoms with E-state index in [0.29, 0.717) is 10.6 Å². The predicted molar refractivity (Wildman–Crippen MR) is 105 cm³/mol. The Kier molecular flexibility index (Phi) is 5.38. The third-order valence-corrected chi connectivity index (χ3v) is 5.73. The standard InChI is InChI=1S/C21H22N2O2S/c1-16-9-10-17(2)21(14-16)26(24,25)23-20-8-5-6-18(15-20)11-12-19-7-3-4-13-22-19/h3-10,13-15,23H,11-12H2,1-2H3. The predicted octanol–water partition coefficient (Wildman–Crippen LogP) is 4.28. The second-order valence-electron chi connectivity index (χ2n) is 6.40. The van der Waals surface area contributed by atoms with E-state index in [4.69, 9.17) is 0 Å². The van der Waals surface area contributed by atoms with Gasteiger partial charge in [0.1, 0.15) is 0 Å². The number of aryl methyl sites for hydroxylation is 4. The molecule has 0 bridgehead atoms. The molecule has 1 aromatic heterocycles. The summed E-state index contributed by atoms with van der Waals surface area (Å²) < 4.78 is 28.2. The van der Waals surface area contributed by atoms with Crippen LogP contribution in [0.2, 0.25) is 0 Å². The number of benzene rings is 2. The van der Waals surface area contributed by atoms with Crippen LogP contribution in [-0.2, 0) is 22.9 Å². The second-order valence-corrected chi connectivity index (χ2v) is 8.05. The molecule has 0 fully saturated rings. The van der Waals surface area contributed by atoms with Gasteiger partial charge >= 0.3 is 0 Å². The molecule has 0 aliphatic carbocycles. The maximum Gasteiger partial charge on any atom is 0.262 e. The lowest BCUT2D eigenvalue weighted by Crippen LogP contribution is -2.14. The van der Waals surface area contributed by atoms with E-state index >= 15 is 0 Å². The van der Waals surface area contributed by atoms with E-state index in [2.05, 4.69) is 9.71 Å². The fourth-order valence-electron chi connectivity index (χ4n) is 2.82. The summed E-state index contributed by atoms with van der Waals surface area (Å²) in [6.45, 7) is 3.69. The average Bonchev–Trinajstić information content (AvgIpc) is 2.63. The molecule has 0 aliphatic rings. The number of sulfonamides is 1. The van der Waals surface area contributed by atoms with Gasteiger partial charge in [0.15, 0.2) is 0 Å². The summed E-state index contributed by atoms with van der Waals surface area (Å²) in [6, 6.07) is 18.8. The van der Waals surface area contributed by atoms with Crippen LogP contribution in [0.25, 0.3) is 0 Å². The second kappa shape index (κ2) is 7.70. The molecule has 0 radical (unpaired) electrons. The number of rotatable bonds is 6. The van der Waals surface area contributed by atoms with Crippen molar-refractivity contribution in [1.29, 1.82) is 0 Å². The van der Waals surface area contributed by atoms with Gasteiger partial charge in [0.25, 0.3) is 10.0 Å². The number of nitrogens with zero attached hydrogens (tertiary/aromatic N) is 1. The first-order valence-electron chi connectivity index (χ1n) is 8.53. The Bertz CT molecular complexity index is 1000. The fourth-order valence-corrected chi connectivity index (χ4v) is 4.20. The third-order valence-electron chi connectivity index (χ3n) is 4.21. The van der Waals surface area contributed by atoms with Crippen LogP contribution in [0.5, 0.6) is 0 Å². The van der Waals surface area contributed by atoms with E-state index in [1.165, 1.54) is 0 Å². The van der Waals surface area contributed by atoms with Gasteiger partial charge in [-0.05, 0) is 73.7 Å². The fraction of sp³-hybridized carbons (Fsp3) is 0.190. The first-order valence-corrected chi connectivity index (χ1v) is 10.0. The van der Waals surface area contributed by atoms with Crippen LogP contribution in [0.1, 0.15) is 22.4 Å². The van der Waals surface area contributed by atoms with Gasteiger partial charge in [-0.25, -0.2) is 8.42 Å². The average molecular weight is 366 g/mol. The van der Waals surface area contributed by atoms with E-state index in [1.807, 2.05) is 55.5 Å². The molecule has 3 rings (SSSR count). The highest BCUT2D eigenvalue weighted by Crippen LogP contribution is 2.21. The molecule has 1 heterocycles. The molecular weight excluding hydrogens is 344 g/mol. The summed E-state index contributed by atoms with van der Waals surface area (Å²) in [5.41, 5.74) is 4.31. The maximum atomic E-state index is 12.7. The first kappa shape index (κ1) is 18.1. The highest BCUT2D eigenvalue weighted by atomic mass is 32.2. The molecule has 5 heteroatoms. The Morgan fingerprint density at radius 3 is 2.54 bits per heavy atom. The van der Waals surface area contributed by atoms with Gasteiger partial charge < -0.3 is 0 Å². The highest BCUT2D eigenvalue weighted by molar-refractivity contribution is 7.92. The molecule has 0 unspecified atom stereocenters. The molecule has 1 N–H and O–H groups in total. The van der Waals surface area contributed by atoms with E-state index in [1.54, 1.807) is 25.3 Å². The summed E-state index contributed by atoms with van der Waals surface area (Å²) >= 11 is 0. The minimum Gasteiger partial charge on any atom is -0.280 e. The van der Waals surface area contributed by atoms with Gasteiger partial charge in [-0.3, -0.25) is 9.71 Å². The smallest absolute Gasteiger partial charge is 0.262 e. The van der Waals surface area contributed by atoms with Crippen molar-refractivity contribution in [3.05, 3.63) is 89.2 Å². The molecule has 0 atom stereocenters. The Morgan fingerprint density at radius 2 is 1.77 bits per heavy atom. The van der Waals surface area contributed by atoms with E-state index < -0.39 is 10.0 Å². The van der Waals surface area contributed by atoms with Crippen molar-refractivity contribution in [2.24, 2.45) is 0 Å². The molecule has 134 valence electrons. The Morgan fingerprint density at radius 1 is 0.923 bits per heavy atom. The molecule has 0 aliphatic heterocycles. The number of aromatic nitrogens is 1. The maximum absolute atomic E-state index is 12.7. The summed E-state index contributed by atoms with van der Waals surface area (Å²) in [4.78, 5) is 4.64. The SMILES string of the molecule is Cc1ccc(C)c(S(=O)(=O)Nc2cccc(CCc3ccccn3)c2)c1. The topological polar surface area (TPSA) is 59.1 Å². The zero-order valence-electron chi connectivity index (χ0n) is 14.9. The molecule has 3 aromatic rings. The Balaban J connectivity index is 1.76. The lowest BCUT2D eigenvalue weighted by Gasteiger charge is -2.12. The van der Waals surface area contributed by atoms with Crippen molar-refractivity contribution in [2.45, 2.75) is 31.6 Å². The molecule has 0 saturated heterocycles. The van der Waals surface area contributed by atoms with Gasteiger partial charge in [-0.1, -0.05) is 30.3 Å². The van der Waals surface area contributed by atoms with Crippen molar-refractivity contribution >= 4 is 15.7 Å². The largest absolute Gasteiger partial charge is 0.280 e. The number of nitrogens with one attached hydrogen (secondary N) is 1. The zero-order chi connectivity index (χ0) is 18.6. The highest BCUT2D eigenvalue weighted by Gasteiger charge is 2.17. The molecule has 0 saturated carbocycles. The molecule has 0 spiro atoms. The van der Waals surface area contributed by atoms with Gasteiger partial charge in [-0.2, -0.15) is 0 Å².